The third kappa shape index (κ3) is 4.80. The number of para-hydroxylation sites is 1. The van der Waals surface area contributed by atoms with Gasteiger partial charge in [-0.2, -0.15) is 0 Å². The highest BCUT2D eigenvalue weighted by Crippen LogP contribution is 2.33. The van der Waals surface area contributed by atoms with Crippen LogP contribution in [-0.2, 0) is 11.2 Å². The Morgan fingerprint density at radius 2 is 1.96 bits per heavy atom. The second-order valence-electron chi connectivity index (χ2n) is 5.82. The van der Waals surface area contributed by atoms with Crippen LogP contribution >= 0.6 is 23.6 Å². The van der Waals surface area contributed by atoms with Gasteiger partial charge in [0.15, 0.2) is 5.11 Å². The maximum absolute atomic E-state index is 12.1. The van der Waals surface area contributed by atoms with Gasteiger partial charge >= 0.3 is 5.97 Å². The second kappa shape index (κ2) is 8.97. The lowest BCUT2D eigenvalue weighted by Gasteiger charge is -2.14. The lowest BCUT2D eigenvalue weighted by atomic mass is 10.1. The maximum atomic E-state index is 12.1. The number of esters is 1. The molecule has 25 heavy (non-hydrogen) atoms. The van der Waals surface area contributed by atoms with Gasteiger partial charge < -0.3 is 15.4 Å². The molecule has 1 aromatic carbocycles. The van der Waals surface area contributed by atoms with E-state index in [1.807, 2.05) is 32.0 Å². The number of carbonyl (C=O) groups excluding carboxylic acids is 1. The van der Waals surface area contributed by atoms with Gasteiger partial charge in [0.2, 0.25) is 0 Å². The second-order valence-corrected chi connectivity index (χ2v) is 7.45. The smallest absolute Gasteiger partial charge is 0.341 e. The lowest BCUT2D eigenvalue weighted by molar-refractivity contribution is 0.0601. The van der Waals surface area contributed by atoms with Gasteiger partial charge in [-0.15, -0.1) is 11.3 Å². The number of carbonyl (C=O) groups is 1. The number of thiocarbonyl (C=S) groups is 1. The van der Waals surface area contributed by atoms with Gasteiger partial charge in [-0.05, 0) is 56.1 Å². The predicted molar refractivity (Wildman–Crippen MR) is 110 cm³/mol. The molecule has 134 valence electrons. The number of hydrogen-bond donors (Lipinski definition) is 2. The van der Waals surface area contributed by atoms with Gasteiger partial charge in [-0.1, -0.05) is 31.5 Å². The minimum Gasteiger partial charge on any atom is -0.465 e. The molecule has 0 aliphatic rings. The predicted octanol–water partition coefficient (Wildman–Crippen LogP) is 5.30. The van der Waals surface area contributed by atoms with E-state index in [1.165, 1.54) is 24.0 Å². The minimum absolute atomic E-state index is 0.351. The molecule has 6 heteroatoms. The number of nitrogens with one attached hydrogen (secondary N) is 2. The van der Waals surface area contributed by atoms with Crippen LogP contribution in [0.25, 0.3) is 0 Å². The molecule has 0 fully saturated rings. The summed E-state index contributed by atoms with van der Waals surface area (Å²) in [6.07, 6.45) is 3.29. The highest BCUT2D eigenvalue weighted by molar-refractivity contribution is 7.80. The maximum Gasteiger partial charge on any atom is 0.341 e. The zero-order valence-electron chi connectivity index (χ0n) is 15.1. The summed E-state index contributed by atoms with van der Waals surface area (Å²) in [4.78, 5) is 13.1. The molecule has 2 N–H and O–H groups in total. The van der Waals surface area contributed by atoms with Crippen molar-refractivity contribution in [2.45, 2.75) is 40.0 Å². The molecule has 0 radical (unpaired) electrons. The Bertz CT molecular complexity index is 769. The number of unbranched alkanes of at least 4 members (excludes halogenated alkanes) is 1. The number of rotatable bonds is 6. The molecule has 0 bridgehead atoms. The van der Waals surface area contributed by atoms with Crippen LogP contribution in [0.4, 0.5) is 10.7 Å². The first-order valence-electron chi connectivity index (χ1n) is 8.32. The van der Waals surface area contributed by atoms with Crippen LogP contribution in [0.5, 0.6) is 0 Å². The van der Waals surface area contributed by atoms with Gasteiger partial charge in [0.1, 0.15) is 5.00 Å². The van der Waals surface area contributed by atoms with Crippen molar-refractivity contribution in [2.24, 2.45) is 0 Å². The summed E-state index contributed by atoms with van der Waals surface area (Å²) < 4.78 is 4.90. The Balaban J connectivity index is 2.17. The summed E-state index contributed by atoms with van der Waals surface area (Å²) in [6, 6.07) is 8.15. The van der Waals surface area contributed by atoms with Gasteiger partial charge in [-0.25, -0.2) is 4.79 Å². The number of benzene rings is 1. The number of anilines is 2. The highest BCUT2D eigenvalue weighted by atomic mass is 32.1. The minimum atomic E-state index is -0.351. The third-order valence-corrected chi connectivity index (χ3v) is 5.39. The zero-order chi connectivity index (χ0) is 18.4. The third-order valence-electron chi connectivity index (χ3n) is 4.07. The van der Waals surface area contributed by atoms with E-state index in [-0.39, 0.29) is 5.97 Å². The molecule has 1 heterocycles. The number of aryl methyl sites for hydroxylation is 2. The van der Waals surface area contributed by atoms with Crippen molar-refractivity contribution in [3.63, 3.8) is 0 Å². The van der Waals surface area contributed by atoms with Gasteiger partial charge in [0, 0.05) is 10.6 Å². The van der Waals surface area contributed by atoms with E-state index < -0.39 is 0 Å². The first-order valence-corrected chi connectivity index (χ1v) is 9.54. The molecule has 0 saturated carbocycles. The molecule has 0 aliphatic carbocycles. The van der Waals surface area contributed by atoms with Crippen molar-refractivity contribution in [3.05, 3.63) is 45.8 Å². The number of hydrogen-bond acceptors (Lipinski definition) is 4. The molecule has 0 aliphatic heterocycles. The zero-order valence-corrected chi connectivity index (χ0v) is 16.7. The fourth-order valence-electron chi connectivity index (χ4n) is 2.55. The standard InChI is InChI=1S/C19H24N2O2S2/c1-5-6-9-14-10-7-8-11-15(14)20-19(24)21-17-16(18(22)23-4)12(2)13(3)25-17/h7-8,10-11H,5-6,9H2,1-4H3,(H2,20,21,24). The van der Waals surface area contributed by atoms with E-state index >= 15 is 0 Å². The lowest BCUT2D eigenvalue weighted by Crippen LogP contribution is -2.21. The van der Waals surface area contributed by atoms with Crippen LogP contribution in [0.2, 0.25) is 0 Å². The average molecular weight is 377 g/mol. The topological polar surface area (TPSA) is 50.4 Å². The molecule has 0 amide bonds. The first kappa shape index (κ1) is 19.4. The molecule has 0 saturated heterocycles. The molecule has 2 aromatic rings. The molecular weight excluding hydrogens is 352 g/mol. The Hall–Kier alpha value is -1.92. The van der Waals surface area contributed by atoms with E-state index in [9.17, 15) is 4.79 Å². The van der Waals surface area contributed by atoms with Crippen molar-refractivity contribution < 1.29 is 9.53 Å². The molecule has 0 unspecified atom stereocenters. The van der Waals surface area contributed by atoms with E-state index in [4.69, 9.17) is 17.0 Å². The number of thiophene rings is 1. The van der Waals surface area contributed by atoms with Gasteiger partial charge in [-0.3, -0.25) is 0 Å². The fraction of sp³-hybridized carbons (Fsp3) is 0.368. The summed E-state index contributed by atoms with van der Waals surface area (Å²) in [5.74, 6) is -0.351. The molecule has 1 aromatic heterocycles. The van der Waals surface area contributed by atoms with Crippen LogP contribution in [0, 0.1) is 13.8 Å². The first-order chi connectivity index (χ1) is 12.0. The van der Waals surface area contributed by atoms with Crippen LogP contribution in [-0.4, -0.2) is 18.2 Å². The largest absolute Gasteiger partial charge is 0.465 e. The average Bonchev–Trinajstić information content (AvgIpc) is 2.87. The van der Waals surface area contributed by atoms with E-state index in [2.05, 4.69) is 23.6 Å². The summed E-state index contributed by atoms with van der Waals surface area (Å²) in [5.41, 5.74) is 3.71. The van der Waals surface area contributed by atoms with Crippen LogP contribution in [0.15, 0.2) is 24.3 Å². The quantitative estimate of drug-likeness (QED) is 0.529. The van der Waals surface area contributed by atoms with Gasteiger partial charge in [0.05, 0.1) is 12.7 Å². The summed E-state index contributed by atoms with van der Waals surface area (Å²) in [7, 11) is 1.39. The van der Waals surface area contributed by atoms with E-state index in [1.54, 1.807) is 0 Å². The van der Waals surface area contributed by atoms with Crippen molar-refractivity contribution >= 4 is 45.3 Å². The Kier molecular flexibility index (Phi) is 6.96. The van der Waals surface area contributed by atoms with Gasteiger partial charge in [0.25, 0.3) is 0 Å². The highest BCUT2D eigenvalue weighted by Gasteiger charge is 2.20. The number of methoxy groups -OCH3 is 1. The summed E-state index contributed by atoms with van der Waals surface area (Å²) >= 11 is 6.96. The SMILES string of the molecule is CCCCc1ccccc1NC(=S)Nc1sc(C)c(C)c1C(=O)OC. The van der Waals surface area contributed by atoms with Crippen molar-refractivity contribution in [1.29, 1.82) is 0 Å². The molecule has 0 atom stereocenters. The van der Waals surface area contributed by atoms with Crippen LogP contribution in [0.3, 0.4) is 0 Å². The van der Waals surface area contributed by atoms with E-state index in [0.717, 1.165) is 35.4 Å². The van der Waals surface area contributed by atoms with Crippen molar-refractivity contribution in [3.8, 4) is 0 Å². The summed E-state index contributed by atoms with van der Waals surface area (Å²) in [5, 5.41) is 7.59. The number of ether oxygens (including phenoxy) is 1. The van der Waals surface area contributed by atoms with Crippen LogP contribution < -0.4 is 10.6 Å². The van der Waals surface area contributed by atoms with Crippen LogP contribution in [0.1, 0.15) is 46.1 Å². The molecule has 0 spiro atoms. The fourth-order valence-corrected chi connectivity index (χ4v) is 3.88. The Morgan fingerprint density at radius 3 is 2.64 bits per heavy atom. The molecule has 4 nitrogen and oxygen atoms in total. The summed E-state index contributed by atoms with van der Waals surface area (Å²) in [6.45, 7) is 6.08. The Labute approximate surface area is 158 Å². The molecular formula is C19H24N2O2S2. The van der Waals surface area contributed by atoms with E-state index in [0.29, 0.717) is 15.7 Å². The Morgan fingerprint density at radius 1 is 1.24 bits per heavy atom. The van der Waals surface area contributed by atoms with Crippen molar-refractivity contribution in [1.82, 2.24) is 0 Å². The monoisotopic (exact) mass is 376 g/mol. The normalized spacial score (nSPS) is 10.4. The van der Waals surface area contributed by atoms with Crippen molar-refractivity contribution in [2.75, 3.05) is 17.7 Å². The molecule has 2 rings (SSSR count).